The Morgan fingerprint density at radius 2 is 2.11 bits per heavy atom. The van der Waals surface area contributed by atoms with E-state index in [0.29, 0.717) is 19.6 Å². The molecule has 0 saturated heterocycles. The van der Waals surface area contributed by atoms with Gasteiger partial charge in [-0.1, -0.05) is 12.1 Å². The number of carbonyl (C=O) groups excluding carboxylic acids is 1. The second-order valence-corrected chi connectivity index (χ2v) is 4.93. The zero-order valence-electron chi connectivity index (χ0n) is 12.2. The first-order valence-electron chi connectivity index (χ1n) is 6.62. The molecule has 1 aromatic rings. The van der Waals surface area contributed by atoms with Crippen molar-refractivity contribution in [2.45, 2.75) is 33.2 Å². The molecular weight excluding hydrogens is 240 g/mol. The van der Waals surface area contributed by atoms with Crippen molar-refractivity contribution < 1.29 is 9.53 Å². The van der Waals surface area contributed by atoms with E-state index in [4.69, 9.17) is 4.74 Å². The normalized spacial score (nSPS) is 12.2. The van der Waals surface area contributed by atoms with Crippen molar-refractivity contribution in [1.29, 1.82) is 0 Å². The van der Waals surface area contributed by atoms with Crippen LogP contribution < -0.4 is 10.6 Å². The zero-order valence-corrected chi connectivity index (χ0v) is 12.2. The average Bonchev–Trinajstić information content (AvgIpc) is 2.34. The standard InChI is InChI=1S/C15H24N2O2/c1-11-5-6-12(2)14(9-11)17-15(18)7-8-16-13(3)10-19-4/h5-6,9,13,16H,7-8,10H2,1-4H3,(H,17,18)/t13-/m1/s1. The van der Waals surface area contributed by atoms with Crippen LogP contribution in [-0.2, 0) is 9.53 Å². The third-order valence-electron chi connectivity index (χ3n) is 2.93. The van der Waals surface area contributed by atoms with Crippen LogP contribution in [0.15, 0.2) is 18.2 Å². The molecule has 4 nitrogen and oxygen atoms in total. The zero-order chi connectivity index (χ0) is 14.3. The van der Waals surface area contributed by atoms with Gasteiger partial charge in [-0.05, 0) is 38.0 Å². The summed E-state index contributed by atoms with van der Waals surface area (Å²) in [6, 6.07) is 6.32. The summed E-state index contributed by atoms with van der Waals surface area (Å²) in [5, 5.41) is 6.19. The molecule has 1 aromatic carbocycles. The number of nitrogens with one attached hydrogen (secondary N) is 2. The van der Waals surface area contributed by atoms with Crippen LogP contribution in [0.4, 0.5) is 5.69 Å². The smallest absolute Gasteiger partial charge is 0.225 e. The van der Waals surface area contributed by atoms with Crippen molar-refractivity contribution >= 4 is 11.6 Å². The van der Waals surface area contributed by atoms with Gasteiger partial charge in [0.1, 0.15) is 0 Å². The molecule has 0 fully saturated rings. The second kappa shape index (κ2) is 7.92. The SMILES string of the molecule is COC[C@@H](C)NCCC(=O)Nc1cc(C)ccc1C. The van der Waals surface area contributed by atoms with Gasteiger partial charge in [0.25, 0.3) is 0 Å². The fraction of sp³-hybridized carbons (Fsp3) is 0.533. The average molecular weight is 264 g/mol. The molecule has 1 atom stereocenters. The van der Waals surface area contributed by atoms with Gasteiger partial charge in [-0.2, -0.15) is 0 Å². The van der Waals surface area contributed by atoms with Gasteiger partial charge in [-0.15, -0.1) is 0 Å². The molecular formula is C15H24N2O2. The topological polar surface area (TPSA) is 50.4 Å². The lowest BCUT2D eigenvalue weighted by molar-refractivity contribution is -0.116. The Morgan fingerprint density at radius 3 is 2.79 bits per heavy atom. The first-order chi connectivity index (χ1) is 9.02. The maximum absolute atomic E-state index is 11.8. The minimum absolute atomic E-state index is 0.0332. The van der Waals surface area contributed by atoms with Gasteiger partial charge >= 0.3 is 0 Å². The number of hydrogen-bond acceptors (Lipinski definition) is 3. The Morgan fingerprint density at radius 1 is 1.37 bits per heavy atom. The first-order valence-corrected chi connectivity index (χ1v) is 6.62. The molecule has 0 unspecified atom stereocenters. The van der Waals surface area contributed by atoms with Crippen LogP contribution in [0.25, 0.3) is 0 Å². The third-order valence-corrected chi connectivity index (χ3v) is 2.93. The van der Waals surface area contributed by atoms with Gasteiger partial charge in [0.2, 0.25) is 5.91 Å². The summed E-state index contributed by atoms with van der Waals surface area (Å²) in [7, 11) is 1.67. The Balaban J connectivity index is 2.37. The molecule has 0 aliphatic heterocycles. The van der Waals surface area contributed by atoms with E-state index in [-0.39, 0.29) is 11.9 Å². The van der Waals surface area contributed by atoms with Gasteiger partial charge < -0.3 is 15.4 Å². The summed E-state index contributed by atoms with van der Waals surface area (Å²) >= 11 is 0. The quantitative estimate of drug-likeness (QED) is 0.794. The minimum Gasteiger partial charge on any atom is -0.383 e. The van der Waals surface area contributed by atoms with E-state index in [9.17, 15) is 4.79 Å². The number of aryl methyl sites for hydroxylation is 2. The molecule has 0 bridgehead atoms. The van der Waals surface area contributed by atoms with Crippen LogP contribution in [0.2, 0.25) is 0 Å². The van der Waals surface area contributed by atoms with E-state index in [0.717, 1.165) is 16.8 Å². The molecule has 0 saturated carbocycles. The summed E-state index contributed by atoms with van der Waals surface area (Å²) in [6.07, 6.45) is 0.460. The van der Waals surface area contributed by atoms with Crippen molar-refractivity contribution in [3.8, 4) is 0 Å². The minimum atomic E-state index is 0.0332. The van der Waals surface area contributed by atoms with Crippen LogP contribution in [0.3, 0.4) is 0 Å². The van der Waals surface area contributed by atoms with Crippen molar-refractivity contribution in [2.24, 2.45) is 0 Å². The number of rotatable bonds is 7. The number of methoxy groups -OCH3 is 1. The van der Waals surface area contributed by atoms with E-state index in [2.05, 4.69) is 10.6 Å². The van der Waals surface area contributed by atoms with Gasteiger partial charge in [0, 0.05) is 31.8 Å². The van der Waals surface area contributed by atoms with E-state index < -0.39 is 0 Å². The second-order valence-electron chi connectivity index (χ2n) is 4.93. The molecule has 1 rings (SSSR count). The van der Waals surface area contributed by atoms with Crippen LogP contribution in [0.5, 0.6) is 0 Å². The van der Waals surface area contributed by atoms with E-state index in [1.807, 2.05) is 39.0 Å². The maximum Gasteiger partial charge on any atom is 0.225 e. The molecule has 4 heteroatoms. The van der Waals surface area contributed by atoms with E-state index in [1.54, 1.807) is 7.11 Å². The molecule has 106 valence electrons. The fourth-order valence-corrected chi connectivity index (χ4v) is 1.82. The summed E-state index contributed by atoms with van der Waals surface area (Å²) < 4.78 is 5.02. The Kier molecular flexibility index (Phi) is 6.53. The molecule has 0 aromatic heterocycles. The molecule has 0 aliphatic rings. The summed E-state index contributed by atoms with van der Waals surface area (Å²) in [5.41, 5.74) is 3.13. The number of anilines is 1. The monoisotopic (exact) mass is 264 g/mol. The predicted octanol–water partition coefficient (Wildman–Crippen LogP) is 2.26. The number of hydrogen-bond donors (Lipinski definition) is 2. The third kappa shape index (κ3) is 5.85. The van der Waals surface area contributed by atoms with Crippen molar-refractivity contribution in [2.75, 3.05) is 25.6 Å². The Bertz CT molecular complexity index is 419. The maximum atomic E-state index is 11.8. The Labute approximate surface area is 115 Å². The number of amides is 1. The summed E-state index contributed by atoms with van der Waals surface area (Å²) in [4.78, 5) is 11.8. The highest BCUT2D eigenvalue weighted by Crippen LogP contribution is 2.16. The highest BCUT2D eigenvalue weighted by molar-refractivity contribution is 5.91. The number of ether oxygens (including phenoxy) is 1. The lowest BCUT2D eigenvalue weighted by Gasteiger charge is -2.13. The lowest BCUT2D eigenvalue weighted by atomic mass is 10.1. The molecule has 1 amide bonds. The van der Waals surface area contributed by atoms with Crippen LogP contribution >= 0.6 is 0 Å². The lowest BCUT2D eigenvalue weighted by Crippen LogP contribution is -2.32. The molecule has 19 heavy (non-hydrogen) atoms. The number of benzene rings is 1. The van der Waals surface area contributed by atoms with Crippen molar-refractivity contribution in [1.82, 2.24) is 5.32 Å². The highest BCUT2D eigenvalue weighted by atomic mass is 16.5. The van der Waals surface area contributed by atoms with E-state index in [1.165, 1.54) is 0 Å². The largest absolute Gasteiger partial charge is 0.383 e. The molecule has 0 radical (unpaired) electrons. The summed E-state index contributed by atoms with van der Waals surface area (Å²) in [6.45, 7) is 7.35. The van der Waals surface area contributed by atoms with Gasteiger partial charge in [-0.25, -0.2) is 0 Å². The van der Waals surface area contributed by atoms with Crippen LogP contribution in [0.1, 0.15) is 24.5 Å². The van der Waals surface area contributed by atoms with E-state index >= 15 is 0 Å². The molecule has 0 heterocycles. The van der Waals surface area contributed by atoms with Crippen LogP contribution in [0, 0.1) is 13.8 Å². The Hall–Kier alpha value is -1.39. The first kappa shape index (κ1) is 15.7. The molecule has 2 N–H and O–H groups in total. The number of carbonyl (C=O) groups is 1. The van der Waals surface area contributed by atoms with Crippen molar-refractivity contribution in [3.05, 3.63) is 29.3 Å². The summed E-state index contributed by atoms with van der Waals surface area (Å²) in [5.74, 6) is 0.0332. The van der Waals surface area contributed by atoms with Gasteiger partial charge in [-0.3, -0.25) is 4.79 Å². The molecule has 0 spiro atoms. The highest BCUT2D eigenvalue weighted by Gasteiger charge is 2.06. The van der Waals surface area contributed by atoms with Gasteiger partial charge in [0.05, 0.1) is 6.61 Å². The van der Waals surface area contributed by atoms with Crippen molar-refractivity contribution in [3.63, 3.8) is 0 Å². The van der Waals surface area contributed by atoms with Crippen LogP contribution in [-0.4, -0.2) is 32.2 Å². The predicted molar refractivity (Wildman–Crippen MR) is 78.5 cm³/mol. The fourth-order valence-electron chi connectivity index (χ4n) is 1.82. The van der Waals surface area contributed by atoms with Gasteiger partial charge in [0.15, 0.2) is 0 Å². The molecule has 0 aliphatic carbocycles.